The number of hydrogen-bond acceptors (Lipinski definition) is 5. The zero-order chi connectivity index (χ0) is 13.8. The molecule has 3 saturated heterocycles. The minimum absolute atomic E-state index is 0.0795. The Balaban J connectivity index is 1.37. The minimum Gasteiger partial charge on any atom is -0.376 e. The van der Waals surface area contributed by atoms with Gasteiger partial charge in [0.1, 0.15) is 5.78 Å². The van der Waals surface area contributed by atoms with Crippen molar-refractivity contribution in [2.45, 2.75) is 69.5 Å². The lowest BCUT2D eigenvalue weighted by molar-refractivity contribution is -0.167. The Kier molecular flexibility index (Phi) is 5.04. The van der Waals surface area contributed by atoms with Crippen LogP contribution in [-0.4, -0.2) is 50.2 Å². The number of hydrogen-bond donors (Lipinski definition) is 0. The highest BCUT2D eigenvalue weighted by Crippen LogP contribution is 2.30. The molecule has 114 valence electrons. The van der Waals surface area contributed by atoms with Crippen molar-refractivity contribution in [3.05, 3.63) is 0 Å². The van der Waals surface area contributed by atoms with Gasteiger partial charge in [-0.15, -0.1) is 0 Å². The maximum Gasteiger partial charge on any atom is 0.158 e. The molecule has 0 saturated carbocycles. The Morgan fingerprint density at radius 2 is 1.80 bits per heavy atom. The zero-order valence-corrected chi connectivity index (χ0v) is 11.9. The third-order valence-corrected chi connectivity index (χ3v) is 4.33. The lowest BCUT2D eigenvalue weighted by Crippen LogP contribution is -2.43. The van der Waals surface area contributed by atoms with Crippen LogP contribution in [-0.2, 0) is 23.7 Å². The molecule has 0 bridgehead atoms. The fourth-order valence-electron chi connectivity index (χ4n) is 3.26. The Morgan fingerprint density at radius 1 is 0.950 bits per heavy atom. The van der Waals surface area contributed by atoms with Crippen LogP contribution in [0.3, 0.4) is 0 Å². The van der Waals surface area contributed by atoms with Crippen molar-refractivity contribution in [3.63, 3.8) is 0 Å². The molecular weight excluding hydrogens is 260 g/mol. The molecule has 3 aliphatic heterocycles. The summed E-state index contributed by atoms with van der Waals surface area (Å²) in [5, 5.41) is 0. The van der Waals surface area contributed by atoms with E-state index in [-0.39, 0.29) is 30.4 Å². The van der Waals surface area contributed by atoms with Crippen LogP contribution < -0.4 is 0 Å². The van der Waals surface area contributed by atoms with Gasteiger partial charge in [-0.05, 0) is 25.7 Å². The van der Waals surface area contributed by atoms with Gasteiger partial charge in [0.2, 0.25) is 0 Å². The number of ether oxygens (including phenoxy) is 4. The third kappa shape index (κ3) is 3.79. The minimum atomic E-state index is -0.178. The standard InChI is InChI=1S/C15H24O5/c16-11(3-6-15-18-8-9-19-15)10-12-4-5-13-14(20-12)2-1-7-17-13/h12-15H,1-10H2/t12-,13+,14-/m0/s1. The highest BCUT2D eigenvalue weighted by molar-refractivity contribution is 5.78. The van der Waals surface area contributed by atoms with Gasteiger partial charge in [-0.1, -0.05) is 0 Å². The predicted octanol–water partition coefficient (Wildman–Crippen LogP) is 1.83. The van der Waals surface area contributed by atoms with Crippen LogP contribution in [0.2, 0.25) is 0 Å². The first kappa shape index (κ1) is 14.4. The number of rotatable bonds is 5. The first-order chi connectivity index (χ1) is 9.81. The molecule has 0 aliphatic carbocycles. The molecule has 3 rings (SSSR count). The molecule has 5 nitrogen and oxygen atoms in total. The van der Waals surface area contributed by atoms with Gasteiger partial charge in [-0.2, -0.15) is 0 Å². The number of carbonyl (C=O) groups is 1. The number of Topliss-reactive ketones (excluding diaryl/α,β-unsaturated/α-hetero) is 1. The first-order valence-corrected chi connectivity index (χ1v) is 7.83. The third-order valence-electron chi connectivity index (χ3n) is 4.33. The second kappa shape index (κ2) is 6.98. The van der Waals surface area contributed by atoms with Crippen molar-refractivity contribution in [2.24, 2.45) is 0 Å². The molecule has 3 aliphatic rings. The molecule has 0 aromatic carbocycles. The van der Waals surface area contributed by atoms with Gasteiger partial charge in [-0.25, -0.2) is 0 Å². The Bertz CT molecular complexity index is 326. The van der Waals surface area contributed by atoms with Crippen molar-refractivity contribution < 1.29 is 23.7 Å². The predicted molar refractivity (Wildman–Crippen MR) is 71.4 cm³/mol. The first-order valence-electron chi connectivity index (χ1n) is 7.83. The Morgan fingerprint density at radius 3 is 2.65 bits per heavy atom. The van der Waals surface area contributed by atoms with Crippen molar-refractivity contribution in [1.29, 1.82) is 0 Å². The van der Waals surface area contributed by atoms with Crippen molar-refractivity contribution >= 4 is 5.78 Å². The van der Waals surface area contributed by atoms with Gasteiger partial charge >= 0.3 is 0 Å². The molecule has 3 atom stereocenters. The summed E-state index contributed by atoms with van der Waals surface area (Å²) in [4.78, 5) is 12.0. The normalized spacial score (nSPS) is 34.9. The SMILES string of the molecule is O=C(CCC1OCCO1)C[C@@H]1CC[C@H]2OCCC[C@@H]2O1. The van der Waals surface area contributed by atoms with Crippen LogP contribution in [0.1, 0.15) is 44.9 Å². The van der Waals surface area contributed by atoms with E-state index in [1.54, 1.807) is 0 Å². The molecule has 0 radical (unpaired) electrons. The van der Waals surface area contributed by atoms with Crippen molar-refractivity contribution in [3.8, 4) is 0 Å². The lowest BCUT2D eigenvalue weighted by Gasteiger charge is -2.39. The van der Waals surface area contributed by atoms with E-state index in [9.17, 15) is 4.79 Å². The smallest absolute Gasteiger partial charge is 0.158 e. The summed E-state index contributed by atoms with van der Waals surface area (Å²) in [6.07, 6.45) is 6.18. The Labute approximate surface area is 119 Å². The maximum absolute atomic E-state index is 12.0. The van der Waals surface area contributed by atoms with Crippen LogP contribution >= 0.6 is 0 Å². The quantitative estimate of drug-likeness (QED) is 0.771. The summed E-state index contributed by atoms with van der Waals surface area (Å²) in [5.74, 6) is 0.254. The fraction of sp³-hybridized carbons (Fsp3) is 0.933. The average molecular weight is 284 g/mol. The molecule has 0 N–H and O–H groups in total. The van der Waals surface area contributed by atoms with Crippen molar-refractivity contribution in [1.82, 2.24) is 0 Å². The molecular formula is C15H24O5. The van der Waals surface area contributed by atoms with Gasteiger partial charge in [-0.3, -0.25) is 4.79 Å². The van der Waals surface area contributed by atoms with E-state index in [2.05, 4.69) is 0 Å². The van der Waals surface area contributed by atoms with E-state index in [1.165, 1.54) is 0 Å². The number of ketones is 1. The van der Waals surface area contributed by atoms with E-state index in [4.69, 9.17) is 18.9 Å². The summed E-state index contributed by atoms with van der Waals surface area (Å²) in [6, 6.07) is 0. The van der Waals surface area contributed by atoms with Gasteiger partial charge < -0.3 is 18.9 Å². The van der Waals surface area contributed by atoms with E-state index in [1.807, 2.05) is 0 Å². The lowest BCUT2D eigenvalue weighted by atomic mass is 9.93. The van der Waals surface area contributed by atoms with Gasteiger partial charge in [0.25, 0.3) is 0 Å². The van der Waals surface area contributed by atoms with Crippen LogP contribution in [0.15, 0.2) is 0 Å². The van der Waals surface area contributed by atoms with Crippen LogP contribution in [0.5, 0.6) is 0 Å². The molecule has 20 heavy (non-hydrogen) atoms. The van der Waals surface area contributed by atoms with Gasteiger partial charge in [0.05, 0.1) is 31.5 Å². The largest absolute Gasteiger partial charge is 0.376 e. The summed E-state index contributed by atoms with van der Waals surface area (Å²) in [5.41, 5.74) is 0. The van der Waals surface area contributed by atoms with Crippen LogP contribution in [0.4, 0.5) is 0 Å². The van der Waals surface area contributed by atoms with E-state index >= 15 is 0 Å². The molecule has 0 unspecified atom stereocenters. The van der Waals surface area contributed by atoms with E-state index in [0.29, 0.717) is 32.5 Å². The monoisotopic (exact) mass is 284 g/mol. The van der Waals surface area contributed by atoms with Crippen molar-refractivity contribution in [2.75, 3.05) is 19.8 Å². The topological polar surface area (TPSA) is 54.0 Å². The zero-order valence-electron chi connectivity index (χ0n) is 11.9. The van der Waals surface area contributed by atoms with Gasteiger partial charge in [0, 0.05) is 25.9 Å². The molecule has 0 spiro atoms. The van der Waals surface area contributed by atoms with Crippen LogP contribution in [0, 0.1) is 0 Å². The second-order valence-corrected chi connectivity index (χ2v) is 5.88. The number of fused-ring (bicyclic) bond motifs is 1. The molecule has 0 aromatic rings. The summed E-state index contributed by atoms with van der Waals surface area (Å²) in [7, 11) is 0. The molecule has 3 fully saturated rings. The second-order valence-electron chi connectivity index (χ2n) is 5.88. The highest BCUT2D eigenvalue weighted by Gasteiger charge is 2.34. The molecule has 0 aromatic heterocycles. The molecule has 0 amide bonds. The molecule has 3 heterocycles. The summed E-state index contributed by atoms with van der Waals surface area (Å²) >= 11 is 0. The highest BCUT2D eigenvalue weighted by atomic mass is 16.7. The summed E-state index contributed by atoms with van der Waals surface area (Å²) < 4.78 is 22.4. The fourth-order valence-corrected chi connectivity index (χ4v) is 3.26. The van der Waals surface area contributed by atoms with Crippen LogP contribution in [0.25, 0.3) is 0 Å². The molecule has 5 heteroatoms. The Hall–Kier alpha value is -0.490. The maximum atomic E-state index is 12.0. The van der Waals surface area contributed by atoms with E-state index < -0.39 is 0 Å². The summed E-state index contributed by atoms with van der Waals surface area (Å²) in [6.45, 7) is 2.15. The van der Waals surface area contributed by atoms with E-state index in [0.717, 1.165) is 32.3 Å². The number of carbonyl (C=O) groups excluding carboxylic acids is 1. The average Bonchev–Trinajstić information content (AvgIpc) is 2.98. The van der Waals surface area contributed by atoms with Gasteiger partial charge in [0.15, 0.2) is 6.29 Å².